The van der Waals surface area contributed by atoms with Crippen LogP contribution >= 0.6 is 23.2 Å². The van der Waals surface area contributed by atoms with Gasteiger partial charge in [0.25, 0.3) is 5.91 Å². The summed E-state index contributed by atoms with van der Waals surface area (Å²) >= 11 is 12.0. The van der Waals surface area contributed by atoms with E-state index in [1.54, 1.807) is 35.6 Å². The fourth-order valence-corrected chi connectivity index (χ4v) is 3.69. The van der Waals surface area contributed by atoms with Crippen LogP contribution in [0.2, 0.25) is 0 Å². The van der Waals surface area contributed by atoms with Crippen LogP contribution in [0.15, 0.2) is 46.0 Å². The molecule has 0 saturated carbocycles. The van der Waals surface area contributed by atoms with Crippen LogP contribution in [0.5, 0.6) is 0 Å². The SMILES string of the molecule is CC(Cl)=CC(Cl)=C(C)CNC(=O)N1CCn2nc(-c3cccc(F)c3)c(C(N)=O)c2C1. The second kappa shape index (κ2) is 9.53. The number of amides is 3. The number of carbonyl (C=O) groups is 2. The number of halogens is 3. The predicted molar refractivity (Wildman–Crippen MR) is 118 cm³/mol. The van der Waals surface area contributed by atoms with Gasteiger partial charge >= 0.3 is 6.03 Å². The minimum absolute atomic E-state index is 0.142. The largest absolute Gasteiger partial charge is 0.365 e. The first-order chi connectivity index (χ1) is 14.7. The molecule has 1 aliphatic rings. The fraction of sp³-hybridized carbons (Fsp3) is 0.286. The minimum atomic E-state index is -0.684. The Morgan fingerprint density at radius 2 is 2.03 bits per heavy atom. The zero-order chi connectivity index (χ0) is 22.7. The smallest absolute Gasteiger partial charge is 0.318 e. The number of urea groups is 1. The lowest BCUT2D eigenvalue weighted by molar-refractivity contribution is 0.0997. The Hall–Kier alpha value is -2.84. The number of nitrogens with zero attached hydrogens (tertiary/aromatic N) is 3. The quantitative estimate of drug-likeness (QED) is 0.654. The van der Waals surface area contributed by atoms with E-state index in [4.69, 9.17) is 28.9 Å². The molecular formula is C21H22Cl2FN5O2. The third kappa shape index (κ3) is 5.26. The number of aromatic nitrogens is 2. The lowest BCUT2D eigenvalue weighted by Gasteiger charge is -2.28. The van der Waals surface area contributed by atoms with Gasteiger partial charge in [-0.1, -0.05) is 35.3 Å². The molecule has 1 aromatic carbocycles. The molecule has 3 N–H and O–H groups in total. The van der Waals surface area contributed by atoms with Gasteiger partial charge in [0.1, 0.15) is 11.5 Å². The van der Waals surface area contributed by atoms with Crippen LogP contribution in [0, 0.1) is 5.82 Å². The van der Waals surface area contributed by atoms with Crippen LogP contribution < -0.4 is 11.1 Å². The Labute approximate surface area is 189 Å². The van der Waals surface area contributed by atoms with Crippen molar-refractivity contribution in [2.24, 2.45) is 5.73 Å². The highest BCUT2D eigenvalue weighted by atomic mass is 35.5. The number of carbonyl (C=O) groups excluding carboxylic acids is 2. The van der Waals surface area contributed by atoms with Crippen LogP contribution in [0.4, 0.5) is 9.18 Å². The molecule has 0 fully saturated rings. The summed E-state index contributed by atoms with van der Waals surface area (Å²) in [6.45, 7) is 4.65. The normalized spacial score (nSPS) is 14.7. The van der Waals surface area contributed by atoms with Crippen molar-refractivity contribution in [2.45, 2.75) is 26.9 Å². The second-order valence-corrected chi connectivity index (χ2v) is 8.21. The van der Waals surface area contributed by atoms with E-state index in [2.05, 4.69) is 10.4 Å². The van der Waals surface area contributed by atoms with Gasteiger partial charge in [-0.15, -0.1) is 0 Å². The summed E-state index contributed by atoms with van der Waals surface area (Å²) in [4.78, 5) is 26.4. The maximum atomic E-state index is 13.7. The standard InChI is InChI=1S/C21H22Cl2FN5O2/c1-12(16(23)8-13(2)22)10-26-21(31)28-6-7-29-17(11-28)18(20(25)30)19(27-29)14-4-3-5-15(24)9-14/h3-5,8-9H,6-7,10-11H2,1-2H3,(H2,25,30)(H,26,31). The Morgan fingerprint density at radius 3 is 2.68 bits per heavy atom. The summed E-state index contributed by atoms with van der Waals surface area (Å²) in [6.07, 6.45) is 1.61. The fourth-order valence-electron chi connectivity index (χ4n) is 3.29. The maximum Gasteiger partial charge on any atom is 0.318 e. The molecule has 0 unspecified atom stereocenters. The monoisotopic (exact) mass is 465 g/mol. The molecule has 0 bridgehead atoms. The first kappa shape index (κ1) is 22.8. The van der Waals surface area contributed by atoms with Gasteiger partial charge in [0, 0.05) is 28.7 Å². The predicted octanol–water partition coefficient (Wildman–Crippen LogP) is 3.97. The summed E-state index contributed by atoms with van der Waals surface area (Å²) < 4.78 is 15.3. The third-order valence-corrected chi connectivity index (χ3v) is 5.39. The van der Waals surface area contributed by atoms with Gasteiger partial charge in [-0.3, -0.25) is 9.48 Å². The number of fused-ring (bicyclic) bond motifs is 1. The number of hydrogen-bond donors (Lipinski definition) is 2. The van der Waals surface area contributed by atoms with Crippen LogP contribution in [0.25, 0.3) is 11.3 Å². The lowest BCUT2D eigenvalue weighted by atomic mass is 10.0. The molecule has 0 aliphatic carbocycles. The molecule has 164 valence electrons. The number of nitrogens with two attached hydrogens (primary N) is 1. The van der Waals surface area contributed by atoms with Crippen LogP contribution in [-0.4, -0.2) is 39.7 Å². The number of rotatable bonds is 5. The number of hydrogen-bond acceptors (Lipinski definition) is 3. The van der Waals surface area contributed by atoms with Crippen molar-refractivity contribution in [3.8, 4) is 11.3 Å². The molecule has 0 atom stereocenters. The lowest BCUT2D eigenvalue weighted by Crippen LogP contribution is -2.45. The summed E-state index contributed by atoms with van der Waals surface area (Å²) in [5.41, 5.74) is 7.81. The highest BCUT2D eigenvalue weighted by Gasteiger charge is 2.29. The van der Waals surface area contributed by atoms with Crippen LogP contribution in [0.3, 0.4) is 0 Å². The van der Waals surface area contributed by atoms with Gasteiger partial charge in [-0.25, -0.2) is 9.18 Å². The van der Waals surface area contributed by atoms with E-state index in [1.807, 2.05) is 0 Å². The van der Waals surface area contributed by atoms with Crippen molar-refractivity contribution in [1.82, 2.24) is 20.0 Å². The highest BCUT2D eigenvalue weighted by molar-refractivity contribution is 6.34. The van der Waals surface area contributed by atoms with Gasteiger partial charge in [-0.2, -0.15) is 5.10 Å². The van der Waals surface area contributed by atoms with Crippen LogP contribution in [0.1, 0.15) is 29.9 Å². The molecule has 1 aliphatic heterocycles. The molecule has 3 rings (SSSR count). The van der Waals surface area contributed by atoms with Gasteiger partial charge in [0.05, 0.1) is 24.3 Å². The van der Waals surface area contributed by atoms with E-state index >= 15 is 0 Å². The van der Waals surface area contributed by atoms with Crippen LogP contribution in [-0.2, 0) is 13.1 Å². The van der Waals surface area contributed by atoms with E-state index in [9.17, 15) is 14.0 Å². The molecule has 2 heterocycles. The summed E-state index contributed by atoms with van der Waals surface area (Å²) in [5, 5.41) is 8.25. The van der Waals surface area contributed by atoms with Crippen molar-refractivity contribution >= 4 is 35.1 Å². The summed E-state index contributed by atoms with van der Waals surface area (Å²) in [6, 6.07) is 5.48. The first-order valence-electron chi connectivity index (χ1n) is 9.54. The van der Waals surface area contributed by atoms with Crippen molar-refractivity contribution < 1.29 is 14.0 Å². The number of allylic oxidation sites excluding steroid dienone is 3. The number of nitrogens with one attached hydrogen (secondary N) is 1. The first-order valence-corrected chi connectivity index (χ1v) is 10.3. The second-order valence-electron chi connectivity index (χ2n) is 7.21. The average Bonchev–Trinajstić information content (AvgIpc) is 3.10. The molecule has 1 aromatic heterocycles. The Kier molecular flexibility index (Phi) is 7.02. The average molecular weight is 466 g/mol. The molecule has 7 nitrogen and oxygen atoms in total. The molecular weight excluding hydrogens is 444 g/mol. The Morgan fingerprint density at radius 1 is 1.29 bits per heavy atom. The zero-order valence-electron chi connectivity index (χ0n) is 17.1. The van der Waals surface area contributed by atoms with Crippen molar-refractivity contribution in [3.05, 3.63) is 63.1 Å². The van der Waals surface area contributed by atoms with Gasteiger partial charge in [0.15, 0.2) is 0 Å². The Balaban J connectivity index is 1.81. The van der Waals surface area contributed by atoms with Crippen molar-refractivity contribution in [1.29, 1.82) is 0 Å². The van der Waals surface area contributed by atoms with E-state index in [1.165, 1.54) is 18.2 Å². The molecule has 0 saturated heterocycles. The maximum absolute atomic E-state index is 13.7. The van der Waals surface area contributed by atoms with Gasteiger partial charge < -0.3 is 16.0 Å². The van der Waals surface area contributed by atoms with E-state index < -0.39 is 11.7 Å². The van der Waals surface area contributed by atoms with E-state index in [0.29, 0.717) is 40.1 Å². The summed E-state index contributed by atoms with van der Waals surface area (Å²) in [7, 11) is 0. The molecule has 2 aromatic rings. The zero-order valence-corrected chi connectivity index (χ0v) is 18.6. The van der Waals surface area contributed by atoms with E-state index in [-0.39, 0.29) is 24.7 Å². The minimum Gasteiger partial charge on any atom is -0.365 e. The third-order valence-electron chi connectivity index (χ3n) is 4.85. The highest BCUT2D eigenvalue weighted by Crippen LogP contribution is 2.28. The number of benzene rings is 1. The van der Waals surface area contributed by atoms with Crippen molar-refractivity contribution in [2.75, 3.05) is 13.1 Å². The molecule has 0 radical (unpaired) electrons. The van der Waals surface area contributed by atoms with E-state index in [0.717, 1.165) is 5.57 Å². The summed E-state index contributed by atoms with van der Waals surface area (Å²) in [5.74, 6) is -1.13. The number of primary amides is 1. The molecule has 0 spiro atoms. The van der Waals surface area contributed by atoms with Gasteiger partial charge in [-0.05, 0) is 37.6 Å². The molecule has 10 heteroatoms. The molecule has 3 amide bonds. The topological polar surface area (TPSA) is 93.2 Å². The van der Waals surface area contributed by atoms with Gasteiger partial charge in [0.2, 0.25) is 0 Å². The van der Waals surface area contributed by atoms with Crippen molar-refractivity contribution in [3.63, 3.8) is 0 Å². The Bertz CT molecular complexity index is 1090. The molecule has 31 heavy (non-hydrogen) atoms.